The minimum Gasteiger partial charge on any atom is -0.463 e. The van der Waals surface area contributed by atoms with E-state index in [9.17, 15) is 9.59 Å². The van der Waals surface area contributed by atoms with E-state index in [4.69, 9.17) is 9.73 Å². The number of carbonyl (C=O) groups is 1. The summed E-state index contributed by atoms with van der Waals surface area (Å²) >= 11 is 1.33. The number of rotatable bonds is 6. The summed E-state index contributed by atoms with van der Waals surface area (Å²) in [5, 5.41) is 0. The van der Waals surface area contributed by atoms with Crippen LogP contribution >= 0.6 is 11.3 Å². The number of carbonyl (C=O) groups excluding carboxylic acids is 1. The highest BCUT2D eigenvalue weighted by Gasteiger charge is 2.35. The molecule has 0 unspecified atom stereocenters. The Bertz CT molecular complexity index is 1680. The van der Waals surface area contributed by atoms with E-state index < -0.39 is 12.0 Å². The fraction of sp³-hybridized carbons (Fsp3) is 0.219. The van der Waals surface area contributed by atoms with Crippen LogP contribution < -0.4 is 14.9 Å². The van der Waals surface area contributed by atoms with Crippen molar-refractivity contribution in [3.8, 4) is 0 Å². The van der Waals surface area contributed by atoms with Gasteiger partial charge in [-0.15, -0.1) is 0 Å². The lowest BCUT2D eigenvalue weighted by Crippen LogP contribution is -2.40. The van der Waals surface area contributed by atoms with Gasteiger partial charge in [0.1, 0.15) is 0 Å². The molecule has 0 amide bonds. The molecule has 1 aliphatic heterocycles. The first-order valence-electron chi connectivity index (χ1n) is 12.8. The van der Waals surface area contributed by atoms with Gasteiger partial charge in [0.25, 0.3) is 5.56 Å². The van der Waals surface area contributed by atoms with Gasteiger partial charge in [0.15, 0.2) is 4.80 Å². The first-order chi connectivity index (χ1) is 18.4. The molecule has 0 spiro atoms. The monoisotopic (exact) mass is 522 g/mol. The maximum absolute atomic E-state index is 13.9. The van der Waals surface area contributed by atoms with Gasteiger partial charge in [0.05, 0.1) is 28.5 Å². The Morgan fingerprint density at radius 2 is 1.71 bits per heavy atom. The molecule has 0 fully saturated rings. The number of thiazole rings is 1. The van der Waals surface area contributed by atoms with Crippen molar-refractivity contribution in [2.45, 2.75) is 39.7 Å². The summed E-state index contributed by atoms with van der Waals surface area (Å²) in [6, 6.07) is 25.1. The standard InChI is InChI=1S/C32H30N2O3S/c1-5-37-31(36)27-28(24-9-7-6-8-10-24)33-32-34(29(27)25-17-15-23(16-18-25)20(2)3)30(35)26(38-32)19-22-13-11-21(4)12-14-22/h6-20,29H,5H2,1-4H3/b26-19-/t29-/m0/s1. The lowest BCUT2D eigenvalue weighted by atomic mass is 9.91. The van der Waals surface area contributed by atoms with E-state index in [2.05, 4.69) is 26.0 Å². The summed E-state index contributed by atoms with van der Waals surface area (Å²) in [6.07, 6.45) is 1.89. The second kappa shape index (κ2) is 10.8. The van der Waals surface area contributed by atoms with Crippen molar-refractivity contribution in [1.82, 2.24) is 4.57 Å². The summed E-state index contributed by atoms with van der Waals surface area (Å²) in [5.41, 5.74) is 5.63. The fourth-order valence-electron chi connectivity index (χ4n) is 4.63. The summed E-state index contributed by atoms with van der Waals surface area (Å²) in [4.78, 5) is 32.9. The Kier molecular flexibility index (Phi) is 7.25. The summed E-state index contributed by atoms with van der Waals surface area (Å²) < 4.78 is 7.75. The number of benzene rings is 3. The van der Waals surface area contributed by atoms with Crippen molar-refractivity contribution in [2.75, 3.05) is 6.61 Å². The Balaban J connectivity index is 1.81. The predicted octanol–water partition coefficient (Wildman–Crippen LogP) is 5.37. The number of hydrogen-bond acceptors (Lipinski definition) is 5. The van der Waals surface area contributed by atoms with Crippen LogP contribution in [-0.4, -0.2) is 17.1 Å². The zero-order valence-corrected chi connectivity index (χ0v) is 22.8. The maximum Gasteiger partial charge on any atom is 0.338 e. The minimum absolute atomic E-state index is 0.179. The maximum atomic E-state index is 13.9. The van der Waals surface area contributed by atoms with Crippen LogP contribution in [0.2, 0.25) is 0 Å². The lowest BCUT2D eigenvalue weighted by Gasteiger charge is -2.26. The summed E-state index contributed by atoms with van der Waals surface area (Å²) in [7, 11) is 0. The van der Waals surface area contributed by atoms with Crippen LogP contribution in [0.1, 0.15) is 60.5 Å². The Labute approximate surface area is 226 Å². The molecule has 3 aromatic carbocycles. The van der Waals surface area contributed by atoms with Gasteiger partial charge >= 0.3 is 5.97 Å². The third kappa shape index (κ3) is 4.92. The number of nitrogens with zero attached hydrogens (tertiary/aromatic N) is 2. The molecule has 0 radical (unpaired) electrons. The number of ether oxygens (including phenoxy) is 1. The van der Waals surface area contributed by atoms with Crippen LogP contribution in [0.4, 0.5) is 0 Å². The van der Waals surface area contributed by atoms with Crippen molar-refractivity contribution >= 4 is 29.1 Å². The molecule has 38 heavy (non-hydrogen) atoms. The molecule has 1 aliphatic rings. The van der Waals surface area contributed by atoms with Gasteiger partial charge < -0.3 is 4.74 Å². The molecule has 0 saturated heterocycles. The molecule has 5 nitrogen and oxygen atoms in total. The smallest absolute Gasteiger partial charge is 0.338 e. The first kappa shape index (κ1) is 25.6. The van der Waals surface area contributed by atoms with Crippen molar-refractivity contribution < 1.29 is 9.53 Å². The van der Waals surface area contributed by atoms with Crippen molar-refractivity contribution in [2.24, 2.45) is 4.99 Å². The van der Waals surface area contributed by atoms with Crippen LogP contribution in [0.5, 0.6) is 0 Å². The predicted molar refractivity (Wildman–Crippen MR) is 153 cm³/mol. The molecule has 0 N–H and O–H groups in total. The Morgan fingerprint density at radius 1 is 1.03 bits per heavy atom. The minimum atomic E-state index is -0.665. The normalized spacial score (nSPS) is 15.4. The number of aromatic nitrogens is 1. The number of aryl methyl sites for hydroxylation is 1. The van der Waals surface area contributed by atoms with E-state index in [1.807, 2.05) is 79.7 Å². The highest BCUT2D eigenvalue weighted by molar-refractivity contribution is 7.07. The van der Waals surface area contributed by atoms with Crippen LogP contribution in [0.15, 0.2) is 94.2 Å². The third-order valence-corrected chi connectivity index (χ3v) is 7.65. The van der Waals surface area contributed by atoms with Gasteiger partial charge in [-0.1, -0.05) is 110 Å². The van der Waals surface area contributed by atoms with E-state index in [-0.39, 0.29) is 12.2 Å². The van der Waals surface area contributed by atoms with E-state index in [0.29, 0.717) is 26.5 Å². The second-order valence-corrected chi connectivity index (χ2v) is 10.7. The second-order valence-electron chi connectivity index (χ2n) is 9.66. The zero-order valence-electron chi connectivity index (χ0n) is 22.0. The fourth-order valence-corrected chi connectivity index (χ4v) is 5.63. The Morgan fingerprint density at radius 3 is 2.34 bits per heavy atom. The molecule has 0 saturated carbocycles. The molecule has 5 rings (SSSR count). The van der Waals surface area contributed by atoms with Crippen molar-refractivity contribution in [3.63, 3.8) is 0 Å². The van der Waals surface area contributed by atoms with E-state index in [1.54, 1.807) is 11.5 Å². The average molecular weight is 523 g/mol. The van der Waals surface area contributed by atoms with Gasteiger partial charge in [-0.05, 0) is 42.5 Å². The molecule has 192 valence electrons. The van der Waals surface area contributed by atoms with Gasteiger partial charge in [0.2, 0.25) is 0 Å². The van der Waals surface area contributed by atoms with Crippen molar-refractivity contribution in [3.05, 3.63) is 132 Å². The molecular formula is C32H30N2O3S. The van der Waals surface area contributed by atoms with Crippen LogP contribution in [0, 0.1) is 6.92 Å². The zero-order chi connectivity index (χ0) is 26.8. The van der Waals surface area contributed by atoms with Gasteiger partial charge in [-0.2, -0.15) is 0 Å². The van der Waals surface area contributed by atoms with Crippen LogP contribution in [0.25, 0.3) is 11.8 Å². The first-order valence-corrected chi connectivity index (χ1v) is 13.6. The number of fused-ring (bicyclic) bond motifs is 1. The van der Waals surface area contributed by atoms with Crippen LogP contribution in [-0.2, 0) is 9.53 Å². The topological polar surface area (TPSA) is 60.7 Å². The van der Waals surface area contributed by atoms with Gasteiger partial charge in [0, 0.05) is 5.56 Å². The third-order valence-electron chi connectivity index (χ3n) is 6.67. The van der Waals surface area contributed by atoms with E-state index in [1.165, 1.54) is 16.9 Å². The van der Waals surface area contributed by atoms with E-state index >= 15 is 0 Å². The van der Waals surface area contributed by atoms with Gasteiger partial charge in [-0.3, -0.25) is 9.36 Å². The quantitative estimate of drug-likeness (QED) is 0.320. The number of esters is 1. The SMILES string of the molecule is CCOC(=O)C1=C(c2ccccc2)N=c2s/c(=C\c3ccc(C)cc3)c(=O)n2[C@H]1c1ccc(C(C)C)cc1. The molecule has 0 aliphatic carbocycles. The van der Waals surface area contributed by atoms with Crippen LogP contribution in [0.3, 0.4) is 0 Å². The number of hydrogen-bond donors (Lipinski definition) is 0. The molecule has 6 heteroatoms. The molecule has 2 heterocycles. The summed E-state index contributed by atoms with van der Waals surface area (Å²) in [5.74, 6) is -0.110. The molecule has 0 bridgehead atoms. The highest BCUT2D eigenvalue weighted by atomic mass is 32.1. The lowest BCUT2D eigenvalue weighted by molar-refractivity contribution is -0.138. The molecule has 1 aromatic heterocycles. The molecule has 1 atom stereocenters. The summed E-state index contributed by atoms with van der Waals surface area (Å²) in [6.45, 7) is 8.32. The average Bonchev–Trinajstić information content (AvgIpc) is 3.24. The Hall–Kier alpha value is -4.03. The molecular weight excluding hydrogens is 492 g/mol. The highest BCUT2D eigenvalue weighted by Crippen LogP contribution is 2.35. The van der Waals surface area contributed by atoms with E-state index in [0.717, 1.165) is 22.3 Å². The largest absolute Gasteiger partial charge is 0.463 e. The molecule has 4 aromatic rings. The van der Waals surface area contributed by atoms with Gasteiger partial charge in [-0.25, -0.2) is 9.79 Å². The van der Waals surface area contributed by atoms with Crippen molar-refractivity contribution in [1.29, 1.82) is 0 Å².